The third-order valence-corrected chi connectivity index (χ3v) is 6.80. The highest BCUT2D eigenvalue weighted by Gasteiger charge is 2.19. The highest BCUT2D eigenvalue weighted by atomic mass is 32.2. The Morgan fingerprint density at radius 3 is 2.19 bits per heavy atom. The largest absolute Gasteiger partial charge is 0.369 e. The minimum Gasteiger partial charge on any atom is -0.369 e. The number of fused-ring (bicyclic) bond motifs is 1. The summed E-state index contributed by atoms with van der Waals surface area (Å²) < 4.78 is 1.86. The molecule has 2 N–H and O–H groups in total. The van der Waals surface area contributed by atoms with Crippen molar-refractivity contribution < 1.29 is 4.79 Å². The summed E-state index contributed by atoms with van der Waals surface area (Å²) in [6.45, 7) is 10.4. The van der Waals surface area contributed by atoms with Crippen LogP contribution in [0.2, 0.25) is 0 Å². The van der Waals surface area contributed by atoms with Crippen LogP contribution >= 0.6 is 11.8 Å². The molecule has 1 amide bonds. The molecule has 0 aliphatic rings. The molecule has 7 nitrogen and oxygen atoms in total. The summed E-state index contributed by atoms with van der Waals surface area (Å²) in [5.74, 6) is 1.32. The standard InChI is InChI=1S/C29H36N6OS/c1-20(2)18-31-27-25-19-32-35(28(25)34-29(33-27)37-21(3)4)16-15-30-26(36)17-24(22-11-7-5-8-12-22)23-13-9-6-10-14-23/h5-14,19-21,24H,15-18H2,1-4H3,(H,30,36)(H,31,33,34). The average molecular weight is 517 g/mol. The van der Waals surface area contributed by atoms with Crippen molar-refractivity contribution in [2.45, 2.75) is 57.0 Å². The summed E-state index contributed by atoms with van der Waals surface area (Å²) in [4.78, 5) is 22.5. The summed E-state index contributed by atoms with van der Waals surface area (Å²) in [5.41, 5.74) is 3.05. The summed E-state index contributed by atoms with van der Waals surface area (Å²) in [5, 5.41) is 13.1. The number of nitrogens with one attached hydrogen (secondary N) is 2. The minimum atomic E-state index is 0.00545. The Labute approximate surface area is 223 Å². The van der Waals surface area contributed by atoms with Gasteiger partial charge in [-0.3, -0.25) is 4.79 Å². The van der Waals surface area contributed by atoms with Gasteiger partial charge < -0.3 is 10.6 Å². The van der Waals surface area contributed by atoms with Crippen LogP contribution in [0.4, 0.5) is 5.82 Å². The van der Waals surface area contributed by atoms with E-state index in [0.717, 1.165) is 39.7 Å². The molecule has 0 atom stereocenters. The number of aromatic nitrogens is 4. The lowest BCUT2D eigenvalue weighted by atomic mass is 9.88. The van der Waals surface area contributed by atoms with E-state index in [4.69, 9.17) is 9.97 Å². The van der Waals surface area contributed by atoms with E-state index in [1.807, 2.05) is 47.3 Å². The molecule has 194 valence electrons. The smallest absolute Gasteiger partial charge is 0.221 e. The lowest BCUT2D eigenvalue weighted by Gasteiger charge is -2.18. The molecule has 0 saturated carbocycles. The number of thioether (sulfide) groups is 1. The molecule has 8 heteroatoms. The predicted octanol–water partition coefficient (Wildman–Crippen LogP) is 5.73. The molecule has 4 rings (SSSR count). The molecule has 2 heterocycles. The highest BCUT2D eigenvalue weighted by molar-refractivity contribution is 7.99. The maximum Gasteiger partial charge on any atom is 0.221 e. The second-order valence-corrected chi connectivity index (χ2v) is 11.4. The third-order valence-electron chi connectivity index (χ3n) is 5.93. The SMILES string of the molecule is CC(C)CNc1nc(SC(C)C)nc2c1cnn2CCNC(=O)CC(c1ccccc1)c1ccccc1. The van der Waals surface area contributed by atoms with Crippen molar-refractivity contribution in [2.75, 3.05) is 18.4 Å². The highest BCUT2D eigenvalue weighted by Crippen LogP contribution is 2.28. The number of amides is 1. The van der Waals surface area contributed by atoms with Crippen molar-refractivity contribution in [1.29, 1.82) is 0 Å². The molecule has 0 saturated heterocycles. The van der Waals surface area contributed by atoms with Crippen LogP contribution in [-0.4, -0.2) is 44.0 Å². The molecule has 0 radical (unpaired) electrons. The van der Waals surface area contributed by atoms with E-state index >= 15 is 0 Å². The van der Waals surface area contributed by atoms with Crippen LogP contribution < -0.4 is 10.6 Å². The van der Waals surface area contributed by atoms with Crippen molar-refractivity contribution in [1.82, 2.24) is 25.1 Å². The van der Waals surface area contributed by atoms with Gasteiger partial charge in [0.15, 0.2) is 10.8 Å². The number of carbonyl (C=O) groups is 1. The molecule has 0 fully saturated rings. The first-order valence-corrected chi connectivity index (χ1v) is 13.8. The quantitative estimate of drug-likeness (QED) is 0.185. The van der Waals surface area contributed by atoms with E-state index in [1.54, 1.807) is 11.8 Å². The Kier molecular flexibility index (Phi) is 9.17. The van der Waals surface area contributed by atoms with Crippen LogP contribution in [0.25, 0.3) is 11.0 Å². The van der Waals surface area contributed by atoms with E-state index < -0.39 is 0 Å². The molecule has 2 aromatic heterocycles. The number of carbonyl (C=O) groups excluding carboxylic acids is 1. The van der Waals surface area contributed by atoms with Gasteiger partial charge in [0.1, 0.15) is 5.82 Å². The van der Waals surface area contributed by atoms with Crippen LogP contribution in [0.3, 0.4) is 0 Å². The normalized spacial score (nSPS) is 11.5. The van der Waals surface area contributed by atoms with Gasteiger partial charge in [0, 0.05) is 30.7 Å². The third kappa shape index (κ3) is 7.32. The van der Waals surface area contributed by atoms with Crippen LogP contribution in [0.5, 0.6) is 0 Å². The fraction of sp³-hybridized carbons (Fsp3) is 0.379. The minimum absolute atomic E-state index is 0.00545. The summed E-state index contributed by atoms with van der Waals surface area (Å²) in [6, 6.07) is 20.4. The molecule has 0 unspecified atom stereocenters. The van der Waals surface area contributed by atoms with Crippen LogP contribution in [0.15, 0.2) is 72.0 Å². The van der Waals surface area contributed by atoms with Crippen molar-refractivity contribution in [3.05, 3.63) is 78.0 Å². The molecular weight excluding hydrogens is 480 g/mol. The number of nitrogens with zero attached hydrogens (tertiary/aromatic N) is 4. The van der Waals surface area contributed by atoms with Gasteiger partial charge in [0.2, 0.25) is 5.91 Å². The summed E-state index contributed by atoms with van der Waals surface area (Å²) in [7, 11) is 0. The molecule has 0 bridgehead atoms. The van der Waals surface area contributed by atoms with Crippen molar-refractivity contribution in [3.8, 4) is 0 Å². The van der Waals surface area contributed by atoms with E-state index in [0.29, 0.717) is 30.7 Å². The fourth-order valence-corrected chi connectivity index (χ4v) is 4.86. The van der Waals surface area contributed by atoms with Crippen LogP contribution in [-0.2, 0) is 11.3 Å². The molecule has 0 spiro atoms. The first-order chi connectivity index (χ1) is 17.9. The maximum absolute atomic E-state index is 13.0. The Hall–Kier alpha value is -3.39. The molecule has 0 aliphatic heterocycles. The van der Waals surface area contributed by atoms with Gasteiger partial charge in [-0.1, -0.05) is 100 Å². The lowest BCUT2D eigenvalue weighted by molar-refractivity contribution is -0.121. The Morgan fingerprint density at radius 1 is 0.946 bits per heavy atom. The first kappa shape index (κ1) is 26.7. The number of hydrogen-bond donors (Lipinski definition) is 2. The number of hydrogen-bond acceptors (Lipinski definition) is 6. The second-order valence-electron chi connectivity index (χ2n) is 9.83. The summed E-state index contributed by atoms with van der Waals surface area (Å²) in [6.07, 6.45) is 2.19. The predicted molar refractivity (Wildman–Crippen MR) is 152 cm³/mol. The first-order valence-electron chi connectivity index (χ1n) is 12.9. The van der Waals surface area contributed by atoms with Crippen LogP contribution in [0, 0.1) is 5.92 Å². The number of benzene rings is 2. The topological polar surface area (TPSA) is 84.7 Å². The van der Waals surface area contributed by atoms with Gasteiger partial charge in [0.25, 0.3) is 0 Å². The zero-order chi connectivity index (χ0) is 26.2. The average Bonchev–Trinajstić information content (AvgIpc) is 3.29. The van der Waals surface area contributed by atoms with Gasteiger partial charge in [0.05, 0.1) is 18.1 Å². The molecular formula is C29H36N6OS. The maximum atomic E-state index is 13.0. The van der Waals surface area contributed by atoms with E-state index in [-0.39, 0.29) is 11.8 Å². The van der Waals surface area contributed by atoms with E-state index in [9.17, 15) is 4.79 Å². The zero-order valence-electron chi connectivity index (χ0n) is 22.0. The Bertz CT molecular complexity index is 1250. The van der Waals surface area contributed by atoms with Crippen molar-refractivity contribution >= 4 is 34.5 Å². The fourth-order valence-electron chi connectivity index (χ4n) is 4.16. The van der Waals surface area contributed by atoms with Crippen molar-refractivity contribution in [2.24, 2.45) is 5.92 Å². The van der Waals surface area contributed by atoms with E-state index in [1.165, 1.54) is 0 Å². The van der Waals surface area contributed by atoms with Gasteiger partial charge >= 0.3 is 0 Å². The Morgan fingerprint density at radius 2 is 1.59 bits per heavy atom. The number of rotatable bonds is 12. The second kappa shape index (κ2) is 12.7. The molecule has 2 aromatic carbocycles. The van der Waals surface area contributed by atoms with E-state index in [2.05, 4.69) is 67.7 Å². The molecule has 37 heavy (non-hydrogen) atoms. The van der Waals surface area contributed by atoms with Gasteiger partial charge in [-0.15, -0.1) is 0 Å². The number of anilines is 1. The zero-order valence-corrected chi connectivity index (χ0v) is 22.8. The molecule has 0 aliphatic carbocycles. The monoisotopic (exact) mass is 516 g/mol. The van der Waals surface area contributed by atoms with Gasteiger partial charge in [-0.25, -0.2) is 14.6 Å². The van der Waals surface area contributed by atoms with Crippen molar-refractivity contribution in [3.63, 3.8) is 0 Å². The van der Waals surface area contributed by atoms with Crippen LogP contribution in [0.1, 0.15) is 51.2 Å². The van der Waals surface area contributed by atoms with Gasteiger partial charge in [-0.2, -0.15) is 5.10 Å². The Balaban J connectivity index is 1.45. The molecule has 4 aromatic rings. The lowest BCUT2D eigenvalue weighted by Crippen LogP contribution is -2.29. The van der Waals surface area contributed by atoms with Gasteiger partial charge in [-0.05, 0) is 17.0 Å². The summed E-state index contributed by atoms with van der Waals surface area (Å²) >= 11 is 1.63.